The van der Waals surface area contributed by atoms with E-state index in [1.54, 1.807) is 6.26 Å². The minimum absolute atomic E-state index is 0.163. The Bertz CT molecular complexity index is 895. The predicted molar refractivity (Wildman–Crippen MR) is 106 cm³/mol. The third-order valence-electron chi connectivity index (χ3n) is 5.05. The van der Waals surface area contributed by atoms with E-state index in [0.717, 1.165) is 28.6 Å². The van der Waals surface area contributed by atoms with Crippen molar-refractivity contribution in [3.8, 4) is 0 Å². The molecule has 140 valence electrons. The van der Waals surface area contributed by atoms with Crippen molar-refractivity contribution in [2.45, 2.75) is 32.5 Å². The fourth-order valence-electron chi connectivity index (χ4n) is 3.51. The van der Waals surface area contributed by atoms with E-state index in [4.69, 9.17) is 4.42 Å². The Kier molecular flexibility index (Phi) is 5.39. The van der Waals surface area contributed by atoms with Gasteiger partial charge >= 0.3 is 6.03 Å². The largest absolute Gasteiger partial charge is 0.464 e. The highest BCUT2D eigenvalue weighted by molar-refractivity contribution is 5.78. The molecule has 2 amide bonds. The lowest BCUT2D eigenvalue weighted by molar-refractivity contribution is 0.240. The van der Waals surface area contributed by atoms with Gasteiger partial charge in [-0.2, -0.15) is 0 Å². The lowest BCUT2D eigenvalue weighted by atomic mass is 10.1. The van der Waals surface area contributed by atoms with Gasteiger partial charge in [0, 0.05) is 25.0 Å². The Morgan fingerprint density at radius 1 is 0.889 bits per heavy atom. The first kappa shape index (κ1) is 17.6. The monoisotopic (exact) mass is 363 g/mol. The summed E-state index contributed by atoms with van der Waals surface area (Å²) in [6.07, 6.45) is 4.30. The molecule has 0 atom stereocenters. The van der Waals surface area contributed by atoms with Crippen LogP contribution in [-0.4, -0.2) is 24.0 Å². The average molecular weight is 363 g/mol. The number of carbonyl (C=O) groups excluding carboxylic acids is 1. The molecule has 1 aliphatic rings. The summed E-state index contributed by atoms with van der Waals surface area (Å²) in [4.78, 5) is 14.5. The Balaban J connectivity index is 1.22. The molecule has 2 heterocycles. The molecule has 0 unspecified atom stereocenters. The number of rotatable bonds is 6. The molecule has 0 aliphatic carbocycles. The van der Waals surface area contributed by atoms with E-state index in [-0.39, 0.29) is 6.03 Å². The normalized spacial score (nSPS) is 14.5. The molecule has 0 spiro atoms. The van der Waals surface area contributed by atoms with E-state index in [1.165, 1.54) is 31.5 Å². The molecule has 2 aromatic carbocycles. The van der Waals surface area contributed by atoms with Crippen molar-refractivity contribution >= 4 is 17.0 Å². The van der Waals surface area contributed by atoms with E-state index >= 15 is 0 Å². The first-order chi connectivity index (χ1) is 13.3. The van der Waals surface area contributed by atoms with Crippen molar-refractivity contribution in [2.75, 3.05) is 13.1 Å². The Hall–Kier alpha value is -2.79. The lowest BCUT2D eigenvalue weighted by Crippen LogP contribution is -2.34. The van der Waals surface area contributed by atoms with Crippen LogP contribution in [0, 0.1) is 0 Å². The molecule has 1 saturated heterocycles. The van der Waals surface area contributed by atoms with Crippen molar-refractivity contribution in [1.82, 2.24) is 15.5 Å². The maximum atomic E-state index is 12.1. The molecule has 3 aromatic rings. The zero-order valence-electron chi connectivity index (χ0n) is 15.4. The number of likely N-dealkylation sites (tertiary alicyclic amines) is 1. The number of nitrogens with zero attached hydrogens (tertiary/aromatic N) is 1. The van der Waals surface area contributed by atoms with E-state index in [1.807, 2.05) is 24.3 Å². The van der Waals surface area contributed by atoms with E-state index < -0.39 is 0 Å². The summed E-state index contributed by atoms with van der Waals surface area (Å²) < 4.78 is 5.33. The predicted octanol–water partition coefficient (Wildman–Crippen LogP) is 4.03. The van der Waals surface area contributed by atoms with Gasteiger partial charge < -0.3 is 15.1 Å². The topological polar surface area (TPSA) is 57.5 Å². The van der Waals surface area contributed by atoms with Gasteiger partial charge in [0.1, 0.15) is 5.58 Å². The Morgan fingerprint density at radius 3 is 2.33 bits per heavy atom. The highest BCUT2D eigenvalue weighted by atomic mass is 16.3. The third-order valence-corrected chi connectivity index (χ3v) is 5.05. The molecule has 2 N–H and O–H groups in total. The van der Waals surface area contributed by atoms with Gasteiger partial charge in [0.25, 0.3) is 0 Å². The molecule has 0 saturated carbocycles. The van der Waals surface area contributed by atoms with E-state index in [2.05, 4.69) is 39.8 Å². The first-order valence-electron chi connectivity index (χ1n) is 9.54. The maximum Gasteiger partial charge on any atom is 0.315 e. The number of urea groups is 1. The van der Waals surface area contributed by atoms with Crippen LogP contribution < -0.4 is 10.6 Å². The minimum atomic E-state index is -0.163. The van der Waals surface area contributed by atoms with E-state index in [9.17, 15) is 4.79 Å². The summed E-state index contributed by atoms with van der Waals surface area (Å²) in [5.41, 5.74) is 4.34. The SMILES string of the molecule is O=C(NCc1ccc(CN2CCCC2)cc1)NCc1ccc2occc2c1. The molecule has 0 bridgehead atoms. The van der Waals surface area contributed by atoms with Gasteiger partial charge in [0.05, 0.1) is 6.26 Å². The second kappa shape index (κ2) is 8.27. The van der Waals surface area contributed by atoms with Crippen LogP contribution in [0.2, 0.25) is 0 Å². The molecular formula is C22H25N3O2. The van der Waals surface area contributed by atoms with Gasteiger partial charge in [-0.3, -0.25) is 4.90 Å². The highest BCUT2D eigenvalue weighted by Crippen LogP contribution is 2.17. The van der Waals surface area contributed by atoms with Crippen molar-refractivity contribution < 1.29 is 9.21 Å². The summed E-state index contributed by atoms with van der Waals surface area (Å²) in [6.45, 7) is 4.45. The fraction of sp³-hybridized carbons (Fsp3) is 0.318. The van der Waals surface area contributed by atoms with Crippen LogP contribution in [0.15, 0.2) is 59.2 Å². The quantitative estimate of drug-likeness (QED) is 0.695. The number of nitrogens with one attached hydrogen (secondary N) is 2. The molecule has 4 rings (SSSR count). The standard InChI is InChI=1S/C22H25N3O2/c26-22(24-15-19-7-8-21-20(13-19)9-12-27-21)23-14-17-3-5-18(6-4-17)16-25-10-1-2-11-25/h3-9,12-13H,1-2,10-11,14-16H2,(H2,23,24,26). The molecule has 5 nitrogen and oxygen atoms in total. The number of fused-ring (bicyclic) bond motifs is 1. The summed E-state index contributed by atoms with van der Waals surface area (Å²) >= 11 is 0. The number of amides is 2. The smallest absolute Gasteiger partial charge is 0.315 e. The van der Waals surface area contributed by atoms with Gasteiger partial charge in [-0.05, 0) is 60.8 Å². The van der Waals surface area contributed by atoms with Crippen LogP contribution in [-0.2, 0) is 19.6 Å². The van der Waals surface area contributed by atoms with Crippen molar-refractivity contribution in [3.05, 3.63) is 71.5 Å². The summed E-state index contributed by atoms with van der Waals surface area (Å²) in [5.74, 6) is 0. The number of furan rings is 1. The maximum absolute atomic E-state index is 12.1. The van der Waals surface area contributed by atoms with Crippen LogP contribution in [0.4, 0.5) is 4.79 Å². The fourth-order valence-corrected chi connectivity index (χ4v) is 3.51. The van der Waals surface area contributed by atoms with Crippen LogP contribution in [0.25, 0.3) is 11.0 Å². The van der Waals surface area contributed by atoms with Gasteiger partial charge in [0.2, 0.25) is 0 Å². The Morgan fingerprint density at radius 2 is 1.56 bits per heavy atom. The molecule has 0 radical (unpaired) electrons. The number of carbonyl (C=O) groups is 1. The van der Waals surface area contributed by atoms with Gasteiger partial charge in [0.15, 0.2) is 0 Å². The number of hydrogen-bond donors (Lipinski definition) is 2. The summed E-state index contributed by atoms with van der Waals surface area (Å²) in [5, 5.41) is 6.86. The molecular weight excluding hydrogens is 338 g/mol. The zero-order chi connectivity index (χ0) is 18.5. The van der Waals surface area contributed by atoms with Crippen LogP contribution >= 0.6 is 0 Å². The van der Waals surface area contributed by atoms with Crippen LogP contribution in [0.1, 0.15) is 29.5 Å². The van der Waals surface area contributed by atoms with Crippen LogP contribution in [0.5, 0.6) is 0 Å². The van der Waals surface area contributed by atoms with Gasteiger partial charge in [-0.25, -0.2) is 4.79 Å². The molecule has 1 fully saturated rings. The highest BCUT2D eigenvalue weighted by Gasteiger charge is 2.11. The third kappa shape index (κ3) is 4.68. The molecule has 1 aromatic heterocycles. The van der Waals surface area contributed by atoms with Crippen molar-refractivity contribution in [3.63, 3.8) is 0 Å². The lowest BCUT2D eigenvalue weighted by Gasteiger charge is -2.14. The molecule has 27 heavy (non-hydrogen) atoms. The molecule has 1 aliphatic heterocycles. The van der Waals surface area contributed by atoms with Crippen LogP contribution in [0.3, 0.4) is 0 Å². The number of hydrogen-bond acceptors (Lipinski definition) is 3. The van der Waals surface area contributed by atoms with Crippen molar-refractivity contribution in [2.24, 2.45) is 0 Å². The summed E-state index contributed by atoms with van der Waals surface area (Å²) in [7, 11) is 0. The molecule has 5 heteroatoms. The average Bonchev–Trinajstić information content (AvgIpc) is 3.37. The second-order valence-electron chi connectivity index (χ2n) is 7.13. The Labute approximate surface area is 159 Å². The minimum Gasteiger partial charge on any atom is -0.464 e. The van der Waals surface area contributed by atoms with Gasteiger partial charge in [-0.1, -0.05) is 30.3 Å². The first-order valence-corrected chi connectivity index (χ1v) is 9.54. The number of benzene rings is 2. The van der Waals surface area contributed by atoms with E-state index in [0.29, 0.717) is 13.1 Å². The van der Waals surface area contributed by atoms with Crippen molar-refractivity contribution in [1.29, 1.82) is 0 Å². The summed E-state index contributed by atoms with van der Waals surface area (Å²) in [6, 6.07) is 16.2. The van der Waals surface area contributed by atoms with Gasteiger partial charge in [-0.15, -0.1) is 0 Å². The second-order valence-corrected chi connectivity index (χ2v) is 7.13. The zero-order valence-corrected chi connectivity index (χ0v) is 15.4.